The summed E-state index contributed by atoms with van der Waals surface area (Å²) in [7, 11) is 0. The molecule has 1 aromatic heterocycles. The monoisotopic (exact) mass is 498 g/mol. The van der Waals surface area contributed by atoms with Crippen LogP contribution in [0.15, 0.2) is 85.2 Å². The fourth-order valence-electron chi connectivity index (χ4n) is 3.75. The predicted octanol–water partition coefficient (Wildman–Crippen LogP) is 4.53. The van der Waals surface area contributed by atoms with Gasteiger partial charge in [0.15, 0.2) is 0 Å². The number of hydrogen-bond donors (Lipinski definition) is 1. The number of nitrogens with one attached hydrogen (secondary N) is 1. The van der Waals surface area contributed by atoms with Crippen molar-refractivity contribution in [2.45, 2.75) is 13.0 Å². The summed E-state index contributed by atoms with van der Waals surface area (Å²) in [6, 6.07) is 22.2. The number of benzene rings is 3. The summed E-state index contributed by atoms with van der Waals surface area (Å²) in [6.07, 6.45) is 3.24. The zero-order valence-electron chi connectivity index (χ0n) is 19.9. The maximum atomic E-state index is 13.4. The largest absolute Gasteiger partial charge is 0.486 e. The Morgan fingerprint density at radius 3 is 2.30 bits per heavy atom. The van der Waals surface area contributed by atoms with E-state index in [0.717, 1.165) is 16.7 Å². The molecule has 0 atom stereocenters. The Hall–Kier alpha value is -4.88. The second-order valence-electron chi connectivity index (χ2n) is 8.30. The van der Waals surface area contributed by atoms with E-state index in [1.807, 2.05) is 66.4 Å². The number of carbonyl (C=O) groups excluding carboxylic acids is 3. The Morgan fingerprint density at radius 1 is 0.973 bits per heavy atom. The summed E-state index contributed by atoms with van der Waals surface area (Å²) >= 11 is 0. The minimum absolute atomic E-state index is 0.0517. The maximum absolute atomic E-state index is 13.4. The molecule has 0 radical (unpaired) electrons. The number of rotatable bonds is 6. The highest BCUT2D eigenvalue weighted by Crippen LogP contribution is 2.26. The quantitative estimate of drug-likeness (QED) is 0.417. The van der Waals surface area contributed by atoms with Crippen molar-refractivity contribution in [1.82, 2.24) is 9.97 Å². The molecule has 0 bridgehead atoms. The van der Waals surface area contributed by atoms with E-state index < -0.39 is 0 Å². The molecule has 9 heteroatoms. The van der Waals surface area contributed by atoms with Crippen molar-refractivity contribution in [3.8, 4) is 16.9 Å². The van der Waals surface area contributed by atoms with E-state index in [0.29, 0.717) is 30.3 Å². The van der Waals surface area contributed by atoms with Crippen LogP contribution in [-0.4, -0.2) is 41.2 Å². The maximum Gasteiger partial charge on any atom is 0.373 e. The van der Waals surface area contributed by atoms with Crippen LogP contribution in [0.5, 0.6) is 5.75 Å². The SMILES string of the molecule is Cc1ccc(F)cc1OC1CN(c2cnc(C(=O)Nc3ccc(-c4ccccc4)cc3)cn2)C1.O=C=O. The Balaban J connectivity index is 0.00000102. The van der Waals surface area contributed by atoms with Gasteiger partial charge in [-0.15, -0.1) is 0 Å². The van der Waals surface area contributed by atoms with Crippen LogP contribution in [0.25, 0.3) is 11.1 Å². The molecule has 1 aliphatic heterocycles. The van der Waals surface area contributed by atoms with Crippen molar-refractivity contribution in [3.05, 3.63) is 102 Å². The molecule has 0 unspecified atom stereocenters. The normalized spacial score (nSPS) is 12.4. The summed E-state index contributed by atoms with van der Waals surface area (Å²) in [5.74, 6) is 0.584. The molecule has 0 saturated carbocycles. The second-order valence-corrected chi connectivity index (χ2v) is 8.30. The Kier molecular flexibility index (Phi) is 7.98. The second kappa shape index (κ2) is 11.7. The van der Waals surface area contributed by atoms with Gasteiger partial charge in [0.05, 0.1) is 25.5 Å². The highest BCUT2D eigenvalue weighted by atomic mass is 19.1. The van der Waals surface area contributed by atoms with Gasteiger partial charge >= 0.3 is 6.15 Å². The van der Waals surface area contributed by atoms with Gasteiger partial charge in [-0.3, -0.25) is 4.79 Å². The zero-order valence-corrected chi connectivity index (χ0v) is 19.9. The van der Waals surface area contributed by atoms with Crippen molar-refractivity contribution >= 4 is 23.6 Å². The van der Waals surface area contributed by atoms with E-state index in [4.69, 9.17) is 14.3 Å². The third kappa shape index (κ3) is 6.42. The summed E-state index contributed by atoms with van der Waals surface area (Å²) in [5, 5.41) is 2.85. The van der Waals surface area contributed by atoms with Crippen molar-refractivity contribution in [3.63, 3.8) is 0 Å². The predicted molar refractivity (Wildman–Crippen MR) is 135 cm³/mol. The number of hydrogen-bond acceptors (Lipinski definition) is 7. The van der Waals surface area contributed by atoms with Crippen LogP contribution >= 0.6 is 0 Å². The molecule has 1 aliphatic rings. The lowest BCUT2D eigenvalue weighted by molar-refractivity contribution is -0.191. The summed E-state index contributed by atoms with van der Waals surface area (Å²) < 4.78 is 19.3. The van der Waals surface area contributed by atoms with E-state index in [1.54, 1.807) is 12.3 Å². The van der Waals surface area contributed by atoms with Gasteiger partial charge in [0.1, 0.15) is 29.2 Å². The molecular formula is C28H23FN4O4. The molecule has 2 heterocycles. The minimum Gasteiger partial charge on any atom is -0.486 e. The van der Waals surface area contributed by atoms with Crippen LogP contribution < -0.4 is 15.0 Å². The number of halogens is 1. The van der Waals surface area contributed by atoms with E-state index in [9.17, 15) is 9.18 Å². The first-order valence-corrected chi connectivity index (χ1v) is 11.4. The van der Waals surface area contributed by atoms with Crippen LogP contribution in [0.4, 0.5) is 15.9 Å². The molecule has 0 aliphatic carbocycles. The molecule has 186 valence electrons. The third-order valence-electron chi connectivity index (χ3n) is 5.74. The molecule has 1 N–H and O–H groups in total. The third-order valence-corrected chi connectivity index (χ3v) is 5.74. The van der Waals surface area contributed by atoms with Crippen LogP contribution in [0, 0.1) is 12.7 Å². The topological polar surface area (TPSA) is 101 Å². The fraction of sp³-hybridized carbons (Fsp3) is 0.143. The number of aromatic nitrogens is 2. The van der Waals surface area contributed by atoms with Crippen LogP contribution in [0.1, 0.15) is 16.1 Å². The number of anilines is 2. The van der Waals surface area contributed by atoms with Gasteiger partial charge in [0.2, 0.25) is 0 Å². The molecular weight excluding hydrogens is 475 g/mol. The zero-order chi connectivity index (χ0) is 26.2. The summed E-state index contributed by atoms with van der Waals surface area (Å²) in [6.45, 7) is 3.12. The molecule has 0 spiro atoms. The number of amides is 1. The first kappa shape index (κ1) is 25.2. The molecule has 1 fully saturated rings. The van der Waals surface area contributed by atoms with Crippen molar-refractivity contribution in [2.75, 3.05) is 23.3 Å². The summed E-state index contributed by atoms with van der Waals surface area (Å²) in [5.41, 5.74) is 4.01. The van der Waals surface area contributed by atoms with Crippen LogP contribution in [-0.2, 0) is 9.59 Å². The number of carbonyl (C=O) groups is 1. The van der Waals surface area contributed by atoms with Gasteiger partial charge < -0.3 is 15.0 Å². The van der Waals surface area contributed by atoms with Gasteiger partial charge in [-0.1, -0.05) is 48.5 Å². The van der Waals surface area contributed by atoms with Crippen LogP contribution in [0.2, 0.25) is 0 Å². The molecule has 5 rings (SSSR count). The van der Waals surface area contributed by atoms with Gasteiger partial charge in [0, 0.05) is 11.8 Å². The van der Waals surface area contributed by atoms with Gasteiger partial charge in [-0.05, 0) is 41.8 Å². The molecule has 1 amide bonds. The minimum atomic E-state index is -0.321. The van der Waals surface area contributed by atoms with Crippen LogP contribution in [0.3, 0.4) is 0 Å². The first-order valence-electron chi connectivity index (χ1n) is 11.4. The van der Waals surface area contributed by atoms with Gasteiger partial charge in [0.25, 0.3) is 5.91 Å². The van der Waals surface area contributed by atoms with Crippen molar-refractivity contribution in [2.24, 2.45) is 0 Å². The Labute approximate surface area is 212 Å². The standard InChI is InChI=1S/C27H23FN4O2.CO2/c1-18-7-10-21(28)13-25(18)34-23-16-32(17-23)26-15-29-24(14-30-26)27(33)31-22-11-8-20(9-12-22)19-5-3-2-4-6-19;2-1-3/h2-15,23H,16-17H2,1H3,(H,31,33);. The van der Waals surface area contributed by atoms with E-state index in [-0.39, 0.29) is 29.7 Å². The lowest BCUT2D eigenvalue weighted by atomic mass is 10.1. The Morgan fingerprint density at radius 2 is 1.65 bits per heavy atom. The average Bonchev–Trinajstić information content (AvgIpc) is 2.89. The number of nitrogens with zero attached hydrogens (tertiary/aromatic N) is 3. The fourth-order valence-corrected chi connectivity index (χ4v) is 3.75. The van der Waals surface area contributed by atoms with E-state index in [2.05, 4.69) is 15.3 Å². The van der Waals surface area contributed by atoms with Crippen molar-refractivity contribution in [1.29, 1.82) is 0 Å². The number of ether oxygens (including phenoxy) is 1. The van der Waals surface area contributed by atoms with E-state index >= 15 is 0 Å². The molecule has 8 nitrogen and oxygen atoms in total. The Bertz CT molecular complexity index is 1380. The molecule has 4 aromatic rings. The smallest absolute Gasteiger partial charge is 0.373 e. The molecule has 1 saturated heterocycles. The average molecular weight is 499 g/mol. The molecule has 3 aromatic carbocycles. The van der Waals surface area contributed by atoms with Crippen molar-refractivity contribution < 1.29 is 23.5 Å². The summed E-state index contributed by atoms with van der Waals surface area (Å²) in [4.78, 5) is 39.5. The van der Waals surface area contributed by atoms with Gasteiger partial charge in [-0.2, -0.15) is 9.59 Å². The first-order chi connectivity index (χ1) is 18.0. The van der Waals surface area contributed by atoms with E-state index in [1.165, 1.54) is 18.3 Å². The highest BCUT2D eigenvalue weighted by Gasteiger charge is 2.30. The highest BCUT2D eigenvalue weighted by molar-refractivity contribution is 6.02. The lowest BCUT2D eigenvalue weighted by Crippen LogP contribution is -2.54. The lowest BCUT2D eigenvalue weighted by Gasteiger charge is -2.39. The van der Waals surface area contributed by atoms with Gasteiger partial charge in [-0.25, -0.2) is 14.4 Å². The molecule has 37 heavy (non-hydrogen) atoms. The number of aryl methyl sites for hydroxylation is 1.